The number of likely N-dealkylation sites (N-methyl/N-ethyl adjacent to an activating group) is 1. The Labute approximate surface area is 122 Å². The minimum atomic E-state index is -0.0335. The van der Waals surface area contributed by atoms with Crippen molar-refractivity contribution in [3.05, 3.63) is 35.9 Å². The molecule has 0 aromatic heterocycles. The van der Waals surface area contributed by atoms with E-state index < -0.39 is 0 Å². The fraction of sp³-hybridized carbons (Fsp3) is 0.588. The number of ketones is 1. The normalized spacial score (nSPS) is 23.2. The van der Waals surface area contributed by atoms with Crippen molar-refractivity contribution in [2.75, 3.05) is 26.7 Å². The third-order valence-electron chi connectivity index (χ3n) is 4.35. The first-order valence-corrected chi connectivity index (χ1v) is 7.67. The van der Waals surface area contributed by atoms with Gasteiger partial charge in [0.05, 0.1) is 6.04 Å². The van der Waals surface area contributed by atoms with Crippen LogP contribution < -0.4 is 0 Å². The zero-order valence-electron chi connectivity index (χ0n) is 12.9. The SMILES string of the molecule is CCC1CN(C)CCCN1C(C)C(=O)c1ccccc1. The lowest BCUT2D eigenvalue weighted by atomic mass is 10.0. The van der Waals surface area contributed by atoms with Gasteiger partial charge >= 0.3 is 0 Å². The largest absolute Gasteiger partial charge is 0.305 e. The van der Waals surface area contributed by atoms with Crippen LogP contribution in [-0.4, -0.2) is 54.3 Å². The number of Topliss-reactive ketones (excluding diaryl/α,β-unsaturated/α-hetero) is 1. The third kappa shape index (κ3) is 3.47. The van der Waals surface area contributed by atoms with Gasteiger partial charge in [-0.15, -0.1) is 0 Å². The summed E-state index contributed by atoms with van der Waals surface area (Å²) in [6.45, 7) is 7.48. The van der Waals surface area contributed by atoms with E-state index in [1.807, 2.05) is 30.3 Å². The monoisotopic (exact) mass is 274 g/mol. The molecule has 1 aliphatic rings. The molecule has 3 heteroatoms. The van der Waals surface area contributed by atoms with E-state index in [-0.39, 0.29) is 11.8 Å². The van der Waals surface area contributed by atoms with E-state index in [4.69, 9.17) is 0 Å². The molecule has 2 atom stereocenters. The summed E-state index contributed by atoms with van der Waals surface area (Å²) in [6.07, 6.45) is 2.23. The molecule has 1 aliphatic heterocycles. The molecule has 20 heavy (non-hydrogen) atoms. The number of carbonyl (C=O) groups is 1. The van der Waals surface area contributed by atoms with Gasteiger partial charge < -0.3 is 4.90 Å². The van der Waals surface area contributed by atoms with Crippen molar-refractivity contribution in [3.8, 4) is 0 Å². The van der Waals surface area contributed by atoms with Crippen LogP contribution in [0.2, 0.25) is 0 Å². The van der Waals surface area contributed by atoms with Crippen molar-refractivity contribution in [1.82, 2.24) is 9.80 Å². The van der Waals surface area contributed by atoms with Crippen molar-refractivity contribution < 1.29 is 4.79 Å². The number of benzene rings is 1. The van der Waals surface area contributed by atoms with Crippen LogP contribution in [0.5, 0.6) is 0 Å². The van der Waals surface area contributed by atoms with E-state index in [1.165, 1.54) is 0 Å². The van der Waals surface area contributed by atoms with Gasteiger partial charge in [-0.1, -0.05) is 37.3 Å². The molecule has 0 aliphatic carbocycles. The molecule has 0 saturated carbocycles. The van der Waals surface area contributed by atoms with Gasteiger partial charge in [0.1, 0.15) is 0 Å². The molecular formula is C17H26N2O. The molecule has 1 aromatic rings. The maximum Gasteiger partial charge on any atom is 0.179 e. The second-order valence-corrected chi connectivity index (χ2v) is 5.82. The summed E-state index contributed by atoms with van der Waals surface area (Å²) in [5.41, 5.74) is 0.826. The molecule has 1 fully saturated rings. The second kappa shape index (κ2) is 7.00. The Morgan fingerprint density at radius 2 is 2.00 bits per heavy atom. The van der Waals surface area contributed by atoms with E-state index in [0.717, 1.165) is 38.0 Å². The predicted octanol–water partition coefficient (Wildman–Crippen LogP) is 2.67. The molecule has 0 spiro atoms. The Bertz CT molecular complexity index is 432. The summed E-state index contributed by atoms with van der Waals surface area (Å²) in [6, 6.07) is 10.1. The quantitative estimate of drug-likeness (QED) is 0.789. The predicted molar refractivity (Wildman–Crippen MR) is 83.1 cm³/mol. The lowest BCUT2D eigenvalue weighted by molar-refractivity contribution is 0.0754. The standard InChI is InChI=1S/C17H26N2O/c1-4-16-13-18(3)11-8-12-19(16)14(2)17(20)15-9-6-5-7-10-15/h5-7,9-10,14,16H,4,8,11-13H2,1-3H3. The number of hydrogen-bond acceptors (Lipinski definition) is 3. The fourth-order valence-electron chi connectivity index (χ4n) is 3.13. The van der Waals surface area contributed by atoms with E-state index >= 15 is 0 Å². The van der Waals surface area contributed by atoms with E-state index in [0.29, 0.717) is 6.04 Å². The van der Waals surface area contributed by atoms with Crippen molar-refractivity contribution >= 4 is 5.78 Å². The van der Waals surface area contributed by atoms with Crippen molar-refractivity contribution in [1.29, 1.82) is 0 Å². The van der Waals surface area contributed by atoms with Crippen LogP contribution in [0.25, 0.3) is 0 Å². The molecule has 0 radical (unpaired) electrons. The minimum Gasteiger partial charge on any atom is -0.305 e. The molecular weight excluding hydrogens is 248 g/mol. The highest BCUT2D eigenvalue weighted by Crippen LogP contribution is 2.18. The molecule has 3 nitrogen and oxygen atoms in total. The molecule has 0 bridgehead atoms. The van der Waals surface area contributed by atoms with Crippen LogP contribution in [0, 0.1) is 0 Å². The topological polar surface area (TPSA) is 23.6 Å². The Morgan fingerprint density at radius 3 is 2.65 bits per heavy atom. The summed E-state index contributed by atoms with van der Waals surface area (Å²) in [5.74, 6) is 0.244. The Balaban J connectivity index is 2.13. The maximum absolute atomic E-state index is 12.6. The van der Waals surface area contributed by atoms with Crippen LogP contribution in [0.15, 0.2) is 30.3 Å². The fourth-order valence-corrected chi connectivity index (χ4v) is 3.13. The summed E-state index contributed by atoms with van der Waals surface area (Å²) < 4.78 is 0. The van der Waals surface area contributed by atoms with Crippen molar-refractivity contribution in [2.24, 2.45) is 0 Å². The average Bonchev–Trinajstić information content (AvgIpc) is 2.67. The number of rotatable bonds is 4. The maximum atomic E-state index is 12.6. The van der Waals surface area contributed by atoms with Crippen molar-refractivity contribution in [2.45, 2.75) is 38.8 Å². The highest BCUT2D eigenvalue weighted by Gasteiger charge is 2.29. The van der Waals surface area contributed by atoms with Gasteiger partial charge in [-0.05, 0) is 33.4 Å². The summed E-state index contributed by atoms with van der Waals surface area (Å²) in [5, 5.41) is 0. The summed E-state index contributed by atoms with van der Waals surface area (Å²) in [4.78, 5) is 17.4. The molecule has 0 amide bonds. The van der Waals surface area contributed by atoms with E-state index in [9.17, 15) is 4.79 Å². The van der Waals surface area contributed by atoms with E-state index in [1.54, 1.807) is 0 Å². The Morgan fingerprint density at radius 1 is 1.30 bits per heavy atom. The van der Waals surface area contributed by atoms with Crippen LogP contribution in [0.4, 0.5) is 0 Å². The second-order valence-electron chi connectivity index (χ2n) is 5.82. The summed E-state index contributed by atoms with van der Waals surface area (Å²) in [7, 11) is 2.18. The highest BCUT2D eigenvalue weighted by atomic mass is 16.1. The third-order valence-corrected chi connectivity index (χ3v) is 4.35. The van der Waals surface area contributed by atoms with E-state index in [2.05, 4.69) is 30.7 Å². The van der Waals surface area contributed by atoms with Gasteiger partial charge in [-0.25, -0.2) is 0 Å². The van der Waals surface area contributed by atoms with Gasteiger partial charge in [0.25, 0.3) is 0 Å². The highest BCUT2D eigenvalue weighted by molar-refractivity contribution is 5.99. The number of carbonyl (C=O) groups excluding carboxylic acids is 1. The molecule has 0 N–H and O–H groups in total. The van der Waals surface area contributed by atoms with Crippen LogP contribution in [0.1, 0.15) is 37.0 Å². The van der Waals surface area contributed by atoms with Gasteiger partial charge in [-0.2, -0.15) is 0 Å². The number of nitrogens with zero attached hydrogens (tertiary/aromatic N) is 2. The minimum absolute atomic E-state index is 0.0335. The lowest BCUT2D eigenvalue weighted by Gasteiger charge is -2.34. The first-order valence-electron chi connectivity index (χ1n) is 7.67. The lowest BCUT2D eigenvalue weighted by Crippen LogP contribution is -2.48. The Hall–Kier alpha value is -1.19. The average molecular weight is 274 g/mol. The zero-order chi connectivity index (χ0) is 14.5. The first kappa shape index (κ1) is 15.2. The summed E-state index contributed by atoms with van der Waals surface area (Å²) >= 11 is 0. The van der Waals surface area contributed by atoms with Gasteiger partial charge in [0, 0.05) is 24.7 Å². The van der Waals surface area contributed by atoms with Crippen LogP contribution in [0.3, 0.4) is 0 Å². The number of hydrogen-bond donors (Lipinski definition) is 0. The van der Waals surface area contributed by atoms with Crippen LogP contribution >= 0.6 is 0 Å². The zero-order valence-corrected chi connectivity index (χ0v) is 12.9. The first-order chi connectivity index (χ1) is 9.63. The van der Waals surface area contributed by atoms with Crippen LogP contribution in [-0.2, 0) is 0 Å². The molecule has 1 heterocycles. The van der Waals surface area contributed by atoms with Gasteiger partial charge in [0.15, 0.2) is 5.78 Å². The molecule has 2 rings (SSSR count). The Kier molecular flexibility index (Phi) is 5.32. The molecule has 1 aromatic carbocycles. The molecule has 110 valence electrons. The molecule has 1 saturated heterocycles. The van der Waals surface area contributed by atoms with Gasteiger partial charge in [0.2, 0.25) is 0 Å². The molecule has 2 unspecified atom stereocenters. The van der Waals surface area contributed by atoms with Gasteiger partial charge in [-0.3, -0.25) is 9.69 Å². The smallest absolute Gasteiger partial charge is 0.179 e. The van der Waals surface area contributed by atoms with Crippen molar-refractivity contribution in [3.63, 3.8) is 0 Å².